The molecule has 1 aliphatic heterocycles. The van der Waals surface area contributed by atoms with E-state index in [9.17, 15) is 15.3 Å². The summed E-state index contributed by atoms with van der Waals surface area (Å²) < 4.78 is 7.63. The van der Waals surface area contributed by atoms with Gasteiger partial charge in [-0.05, 0) is 49.3 Å². The molecule has 6 nitrogen and oxygen atoms in total. The van der Waals surface area contributed by atoms with Gasteiger partial charge in [-0.2, -0.15) is 0 Å². The number of aliphatic hydroxyl groups excluding tert-OH is 3. The molecule has 0 aliphatic carbocycles. The highest BCUT2D eigenvalue weighted by Crippen LogP contribution is 2.33. The Morgan fingerprint density at radius 3 is 2.52 bits per heavy atom. The molecule has 1 aromatic carbocycles. The van der Waals surface area contributed by atoms with Crippen molar-refractivity contribution >= 4 is 23.3 Å². The van der Waals surface area contributed by atoms with Crippen LogP contribution in [0.5, 0.6) is 0 Å². The van der Waals surface area contributed by atoms with E-state index < -0.39 is 24.5 Å². The van der Waals surface area contributed by atoms with E-state index in [-0.39, 0.29) is 6.61 Å². The number of aliphatic hydroxyl groups is 3. The summed E-state index contributed by atoms with van der Waals surface area (Å²) in [4.78, 5) is 3.08. The van der Waals surface area contributed by atoms with Crippen LogP contribution in [0.15, 0.2) is 12.1 Å². The zero-order valence-corrected chi connectivity index (χ0v) is 12.6. The number of H-pyrrole nitrogens is 1. The second-order valence-corrected chi connectivity index (χ2v) is 5.87. The summed E-state index contributed by atoms with van der Waals surface area (Å²) in [6.45, 7) is 3.64. The number of aryl methyl sites for hydroxylation is 2. The highest BCUT2D eigenvalue weighted by atomic mass is 32.1. The fourth-order valence-corrected chi connectivity index (χ4v) is 3.04. The minimum absolute atomic E-state index is 0.359. The standard InChI is InChI=1S/C14H18N2O4S/c1-6-3-8-9(4-7(6)2)16(14(21)15-8)13-12(19)11(18)10(5-17)20-13/h3-4,10-13,17-19H,5H2,1-2H3,(H,15,21)/t10-,11+,12+,13-/m0/s1. The second-order valence-electron chi connectivity index (χ2n) is 5.48. The van der Waals surface area contributed by atoms with E-state index in [0.717, 1.165) is 22.2 Å². The van der Waals surface area contributed by atoms with Crippen LogP contribution < -0.4 is 0 Å². The minimum atomic E-state index is -1.14. The summed E-state index contributed by atoms with van der Waals surface area (Å²) in [7, 11) is 0. The second kappa shape index (κ2) is 5.19. The Morgan fingerprint density at radius 1 is 1.24 bits per heavy atom. The number of hydrogen-bond acceptors (Lipinski definition) is 5. The molecule has 2 aromatic rings. The van der Waals surface area contributed by atoms with Crippen molar-refractivity contribution in [3.8, 4) is 0 Å². The molecule has 2 heterocycles. The molecule has 0 unspecified atom stereocenters. The summed E-state index contributed by atoms with van der Waals surface area (Å²) in [5.74, 6) is 0. The Bertz CT molecular complexity index is 738. The fraction of sp³-hybridized carbons (Fsp3) is 0.500. The van der Waals surface area contributed by atoms with Gasteiger partial charge >= 0.3 is 0 Å². The maximum atomic E-state index is 10.2. The normalized spacial score (nSPS) is 29.4. The Hall–Kier alpha value is -1.25. The van der Waals surface area contributed by atoms with Crippen LogP contribution in [0.2, 0.25) is 0 Å². The number of rotatable bonds is 2. The maximum Gasteiger partial charge on any atom is 0.180 e. The Labute approximate surface area is 126 Å². The van der Waals surface area contributed by atoms with E-state index in [4.69, 9.17) is 17.0 Å². The van der Waals surface area contributed by atoms with Crippen LogP contribution in [0.4, 0.5) is 0 Å². The van der Waals surface area contributed by atoms with E-state index in [0.29, 0.717) is 4.77 Å². The van der Waals surface area contributed by atoms with Gasteiger partial charge in [-0.1, -0.05) is 0 Å². The molecule has 0 saturated carbocycles. The lowest BCUT2D eigenvalue weighted by molar-refractivity contribution is -0.0514. The van der Waals surface area contributed by atoms with Gasteiger partial charge in [-0.3, -0.25) is 4.57 Å². The Morgan fingerprint density at radius 2 is 1.90 bits per heavy atom. The number of fused-ring (bicyclic) bond motifs is 1. The van der Waals surface area contributed by atoms with Gasteiger partial charge in [0.2, 0.25) is 0 Å². The summed E-state index contributed by atoms with van der Waals surface area (Å²) in [5.41, 5.74) is 3.88. The molecule has 0 amide bonds. The van der Waals surface area contributed by atoms with Gasteiger partial charge < -0.3 is 25.0 Å². The van der Waals surface area contributed by atoms with Crippen molar-refractivity contribution < 1.29 is 20.1 Å². The highest BCUT2D eigenvalue weighted by Gasteiger charge is 2.44. The van der Waals surface area contributed by atoms with Gasteiger partial charge in [0.05, 0.1) is 17.6 Å². The van der Waals surface area contributed by atoms with E-state index >= 15 is 0 Å². The van der Waals surface area contributed by atoms with Crippen molar-refractivity contribution in [2.24, 2.45) is 0 Å². The van der Waals surface area contributed by atoms with Crippen molar-refractivity contribution in [1.29, 1.82) is 0 Å². The van der Waals surface area contributed by atoms with Gasteiger partial charge in [-0.25, -0.2) is 0 Å². The summed E-state index contributed by atoms with van der Waals surface area (Å²) in [6, 6.07) is 3.95. The lowest BCUT2D eigenvalue weighted by Crippen LogP contribution is -2.33. The molecule has 4 N–H and O–H groups in total. The average molecular weight is 310 g/mol. The molecule has 1 aromatic heterocycles. The molecule has 4 atom stereocenters. The lowest BCUT2D eigenvalue weighted by atomic mass is 10.1. The van der Waals surface area contributed by atoms with Crippen molar-refractivity contribution in [2.45, 2.75) is 38.4 Å². The van der Waals surface area contributed by atoms with E-state index in [1.807, 2.05) is 26.0 Å². The zero-order valence-electron chi connectivity index (χ0n) is 11.8. The number of nitrogens with one attached hydrogen (secondary N) is 1. The average Bonchev–Trinajstić information content (AvgIpc) is 2.89. The van der Waals surface area contributed by atoms with Gasteiger partial charge in [0.15, 0.2) is 11.0 Å². The van der Waals surface area contributed by atoms with Crippen LogP contribution in [0, 0.1) is 18.6 Å². The number of aromatic nitrogens is 2. The molecule has 1 aliphatic rings. The molecular formula is C14H18N2O4S. The molecule has 3 rings (SSSR count). The fourth-order valence-electron chi connectivity index (χ4n) is 2.73. The maximum absolute atomic E-state index is 10.2. The predicted molar refractivity (Wildman–Crippen MR) is 79.6 cm³/mol. The van der Waals surface area contributed by atoms with Crippen LogP contribution in [0.3, 0.4) is 0 Å². The first-order chi connectivity index (χ1) is 9.93. The van der Waals surface area contributed by atoms with Crippen LogP contribution in [0.1, 0.15) is 17.4 Å². The van der Waals surface area contributed by atoms with E-state index in [1.165, 1.54) is 0 Å². The monoisotopic (exact) mass is 310 g/mol. The number of hydrogen-bond donors (Lipinski definition) is 4. The summed E-state index contributed by atoms with van der Waals surface area (Å²) in [5, 5.41) is 29.3. The third-order valence-electron chi connectivity index (χ3n) is 4.10. The largest absolute Gasteiger partial charge is 0.394 e. The van der Waals surface area contributed by atoms with E-state index in [1.54, 1.807) is 4.57 Å². The third-order valence-corrected chi connectivity index (χ3v) is 4.40. The first kappa shape index (κ1) is 14.7. The number of imidazole rings is 1. The van der Waals surface area contributed by atoms with Crippen LogP contribution in [0.25, 0.3) is 11.0 Å². The number of benzene rings is 1. The molecular weight excluding hydrogens is 292 g/mol. The number of aromatic amines is 1. The molecule has 1 saturated heterocycles. The van der Waals surface area contributed by atoms with Crippen LogP contribution in [-0.4, -0.2) is 49.8 Å². The first-order valence-electron chi connectivity index (χ1n) is 6.78. The first-order valence-corrected chi connectivity index (χ1v) is 7.18. The topological polar surface area (TPSA) is 90.6 Å². The molecule has 114 valence electrons. The molecule has 1 fully saturated rings. The van der Waals surface area contributed by atoms with Gasteiger partial charge in [0, 0.05) is 0 Å². The predicted octanol–water partition coefficient (Wildman–Crippen LogP) is 0.927. The molecule has 7 heteroatoms. The molecule has 0 radical (unpaired) electrons. The lowest BCUT2D eigenvalue weighted by Gasteiger charge is -2.17. The summed E-state index contributed by atoms with van der Waals surface area (Å²) in [6.07, 6.45) is -3.92. The molecule has 21 heavy (non-hydrogen) atoms. The van der Waals surface area contributed by atoms with Crippen molar-refractivity contribution in [3.63, 3.8) is 0 Å². The van der Waals surface area contributed by atoms with Crippen molar-refractivity contribution in [3.05, 3.63) is 28.0 Å². The smallest absolute Gasteiger partial charge is 0.180 e. The molecule has 0 spiro atoms. The SMILES string of the molecule is Cc1cc2[nH]c(=S)n([C@H]3O[C@@H](CO)[C@@H](O)[C@H]3O)c2cc1C. The van der Waals surface area contributed by atoms with Crippen LogP contribution in [-0.2, 0) is 4.74 Å². The van der Waals surface area contributed by atoms with Crippen molar-refractivity contribution in [1.82, 2.24) is 9.55 Å². The molecule has 0 bridgehead atoms. The highest BCUT2D eigenvalue weighted by molar-refractivity contribution is 7.71. The van der Waals surface area contributed by atoms with Gasteiger partial charge in [-0.15, -0.1) is 0 Å². The van der Waals surface area contributed by atoms with Gasteiger partial charge in [0.25, 0.3) is 0 Å². The Balaban J connectivity index is 2.15. The van der Waals surface area contributed by atoms with Gasteiger partial charge in [0.1, 0.15) is 18.3 Å². The Kier molecular flexibility index (Phi) is 3.62. The minimum Gasteiger partial charge on any atom is -0.394 e. The van der Waals surface area contributed by atoms with Crippen LogP contribution >= 0.6 is 12.2 Å². The van der Waals surface area contributed by atoms with E-state index in [2.05, 4.69) is 4.98 Å². The number of ether oxygens (including phenoxy) is 1. The third kappa shape index (κ3) is 2.21. The quantitative estimate of drug-likeness (QED) is 0.620. The number of nitrogens with zero attached hydrogens (tertiary/aromatic N) is 1. The summed E-state index contributed by atoms with van der Waals surface area (Å²) >= 11 is 5.31. The zero-order chi connectivity index (χ0) is 15.3. The van der Waals surface area contributed by atoms with Crippen molar-refractivity contribution in [2.75, 3.05) is 6.61 Å².